The molecule has 192 valence electrons. The Kier molecular flexibility index (Phi) is 10.1. The predicted octanol–water partition coefficient (Wildman–Crippen LogP) is 6.08. The van der Waals surface area contributed by atoms with Gasteiger partial charge in [0.1, 0.15) is 6.10 Å². The predicted molar refractivity (Wildman–Crippen MR) is 137 cm³/mol. The van der Waals surface area contributed by atoms with E-state index in [1.165, 1.54) is 19.3 Å². The number of carbonyl (C=O) groups excluding carboxylic acids is 1. The first-order valence-electron chi connectivity index (χ1n) is 13.3. The first-order valence-corrected chi connectivity index (χ1v) is 13.3. The summed E-state index contributed by atoms with van der Waals surface area (Å²) in [5.74, 6) is 2.58. The van der Waals surface area contributed by atoms with E-state index in [4.69, 9.17) is 9.47 Å². The van der Waals surface area contributed by atoms with Gasteiger partial charge in [-0.3, -0.25) is 0 Å². The number of ether oxygens (including phenoxy) is 2. The number of allylic oxidation sites excluding steroid dienone is 1. The molecule has 2 saturated heterocycles. The second kappa shape index (κ2) is 11.7. The summed E-state index contributed by atoms with van der Waals surface area (Å²) in [7, 11) is 0. The zero-order valence-corrected chi connectivity index (χ0v) is 22.9. The summed E-state index contributed by atoms with van der Waals surface area (Å²) in [5, 5.41) is 7.38. The van der Waals surface area contributed by atoms with Gasteiger partial charge < -0.3 is 20.1 Å². The van der Waals surface area contributed by atoms with Crippen molar-refractivity contribution in [3.8, 4) is 0 Å². The molecule has 0 radical (unpaired) electrons. The van der Waals surface area contributed by atoms with Crippen molar-refractivity contribution in [1.82, 2.24) is 10.6 Å². The van der Waals surface area contributed by atoms with Gasteiger partial charge in [0.05, 0.1) is 6.10 Å². The van der Waals surface area contributed by atoms with Gasteiger partial charge >= 0.3 is 0 Å². The molecule has 0 aromatic heterocycles. The van der Waals surface area contributed by atoms with E-state index in [-0.39, 0.29) is 28.3 Å². The summed E-state index contributed by atoms with van der Waals surface area (Å²) in [5.41, 5.74) is 0.325. The zero-order chi connectivity index (χ0) is 24.8. The zero-order valence-electron chi connectivity index (χ0n) is 22.9. The fourth-order valence-corrected chi connectivity index (χ4v) is 6.34. The van der Waals surface area contributed by atoms with E-state index in [9.17, 15) is 4.79 Å². The molecule has 2 heterocycles. The quantitative estimate of drug-likeness (QED) is 0.208. The number of rotatable bonds is 12. The third-order valence-corrected chi connectivity index (χ3v) is 6.88. The molecule has 0 aromatic carbocycles. The van der Waals surface area contributed by atoms with Crippen molar-refractivity contribution in [3.05, 3.63) is 5.76 Å². The molecule has 0 aliphatic carbocycles. The third kappa shape index (κ3) is 10.9. The van der Waals surface area contributed by atoms with Crippen LogP contribution in [-0.2, 0) is 14.3 Å². The maximum atomic E-state index is 11.4. The van der Waals surface area contributed by atoms with E-state index in [1.807, 2.05) is 0 Å². The minimum absolute atomic E-state index is 0.0183. The van der Waals surface area contributed by atoms with E-state index in [0.717, 1.165) is 51.6 Å². The second-order valence-electron chi connectivity index (χ2n) is 13.2. The first kappa shape index (κ1) is 28.4. The SMILES string of the molecule is CC1(C)CC(OCCCCCCCCC(=C=O)OC2CC(C)(C)NC(C)(C)C2)CC(C)(C)N1. The molecular weight excluding hydrogens is 412 g/mol. The van der Waals surface area contributed by atoms with Crippen LogP contribution in [0.1, 0.15) is 126 Å². The van der Waals surface area contributed by atoms with Crippen molar-refractivity contribution in [2.45, 2.75) is 160 Å². The maximum Gasteiger partial charge on any atom is 0.179 e. The Labute approximate surface area is 203 Å². The molecular formula is C28H52N2O3. The van der Waals surface area contributed by atoms with Gasteiger partial charge in [-0.2, -0.15) is 0 Å². The lowest BCUT2D eigenvalue weighted by Crippen LogP contribution is -2.59. The monoisotopic (exact) mass is 464 g/mol. The smallest absolute Gasteiger partial charge is 0.179 e. The van der Waals surface area contributed by atoms with Crippen LogP contribution in [0.15, 0.2) is 5.76 Å². The fourth-order valence-electron chi connectivity index (χ4n) is 6.34. The highest BCUT2D eigenvalue weighted by atomic mass is 16.5. The molecule has 5 nitrogen and oxygen atoms in total. The molecule has 2 N–H and O–H groups in total. The standard InChI is InChI=1S/C28H52N2O3/c1-25(2)17-23(18-26(3,4)29-25)32-16-14-12-10-9-11-13-15-22(21-31)33-24-19-27(5,6)30-28(7,8)20-24/h23-24,29-30H,9-20H2,1-8H3. The number of piperidine rings is 2. The van der Waals surface area contributed by atoms with Gasteiger partial charge in [-0.25, -0.2) is 4.79 Å². The average molecular weight is 465 g/mol. The molecule has 2 aliphatic heterocycles. The Morgan fingerprint density at radius 1 is 0.697 bits per heavy atom. The molecule has 0 atom stereocenters. The highest BCUT2D eigenvalue weighted by molar-refractivity contribution is 5.49. The van der Waals surface area contributed by atoms with Gasteiger partial charge in [-0.15, -0.1) is 0 Å². The van der Waals surface area contributed by atoms with E-state index >= 15 is 0 Å². The summed E-state index contributed by atoms with van der Waals surface area (Å²) in [4.78, 5) is 11.4. The maximum absolute atomic E-state index is 11.4. The van der Waals surface area contributed by atoms with Crippen molar-refractivity contribution in [3.63, 3.8) is 0 Å². The molecule has 2 fully saturated rings. The molecule has 2 rings (SSSR count). The highest BCUT2D eigenvalue weighted by Gasteiger charge is 2.39. The number of hydrogen-bond donors (Lipinski definition) is 2. The third-order valence-electron chi connectivity index (χ3n) is 6.88. The van der Waals surface area contributed by atoms with Crippen molar-refractivity contribution in [1.29, 1.82) is 0 Å². The first-order chi connectivity index (χ1) is 15.2. The summed E-state index contributed by atoms with van der Waals surface area (Å²) < 4.78 is 12.3. The number of unbranched alkanes of at least 4 members (excludes halogenated alkanes) is 5. The van der Waals surface area contributed by atoms with Gasteiger partial charge in [0.15, 0.2) is 11.7 Å². The second-order valence-corrected chi connectivity index (χ2v) is 13.2. The molecule has 33 heavy (non-hydrogen) atoms. The highest BCUT2D eigenvalue weighted by Crippen LogP contribution is 2.32. The van der Waals surface area contributed by atoms with Crippen LogP contribution in [0.25, 0.3) is 0 Å². The molecule has 0 unspecified atom stereocenters. The van der Waals surface area contributed by atoms with Crippen molar-refractivity contribution in [2.24, 2.45) is 0 Å². The van der Waals surface area contributed by atoms with E-state index < -0.39 is 0 Å². The van der Waals surface area contributed by atoms with Gasteiger partial charge in [0, 0.05) is 48.0 Å². The van der Waals surface area contributed by atoms with Gasteiger partial charge in [-0.05, 0) is 81.1 Å². The molecule has 0 aromatic rings. The van der Waals surface area contributed by atoms with E-state index in [0.29, 0.717) is 18.3 Å². The Hall–Kier alpha value is -0.870. The summed E-state index contributed by atoms with van der Waals surface area (Å²) in [6, 6.07) is 0. The Balaban J connectivity index is 1.54. The van der Waals surface area contributed by atoms with Crippen LogP contribution in [0, 0.1) is 0 Å². The van der Waals surface area contributed by atoms with Crippen LogP contribution >= 0.6 is 0 Å². The molecule has 2 aliphatic rings. The summed E-state index contributed by atoms with van der Waals surface area (Å²) >= 11 is 0. The normalized spacial score (nSPS) is 24.2. The number of hydrogen-bond acceptors (Lipinski definition) is 5. The molecule has 0 amide bonds. The lowest BCUT2D eigenvalue weighted by molar-refractivity contribution is -0.0228. The van der Waals surface area contributed by atoms with Crippen molar-refractivity contribution in [2.75, 3.05) is 6.61 Å². The van der Waals surface area contributed by atoms with Crippen LogP contribution < -0.4 is 10.6 Å². The average Bonchev–Trinajstić information content (AvgIpc) is 2.60. The Bertz CT molecular complexity index is 630. The van der Waals surface area contributed by atoms with Crippen LogP contribution in [-0.4, -0.2) is 46.9 Å². The largest absolute Gasteiger partial charge is 0.483 e. The van der Waals surface area contributed by atoms with Gasteiger partial charge in [0.2, 0.25) is 0 Å². The molecule has 0 bridgehead atoms. The molecule has 5 heteroatoms. The van der Waals surface area contributed by atoms with Gasteiger partial charge in [0.25, 0.3) is 0 Å². The number of nitrogens with one attached hydrogen (secondary N) is 2. The van der Waals surface area contributed by atoms with E-state index in [2.05, 4.69) is 72.0 Å². The Morgan fingerprint density at radius 2 is 1.12 bits per heavy atom. The topological polar surface area (TPSA) is 59.6 Å². The lowest BCUT2D eigenvalue weighted by Gasteiger charge is -2.46. The summed E-state index contributed by atoms with van der Waals surface area (Å²) in [6.45, 7) is 18.8. The van der Waals surface area contributed by atoms with Crippen molar-refractivity contribution >= 4 is 5.94 Å². The molecule has 0 spiro atoms. The lowest BCUT2D eigenvalue weighted by atomic mass is 9.81. The minimum atomic E-state index is 0.0183. The molecule has 0 saturated carbocycles. The minimum Gasteiger partial charge on any atom is -0.483 e. The summed E-state index contributed by atoms with van der Waals surface area (Å²) in [6.07, 6.45) is 12.0. The van der Waals surface area contributed by atoms with E-state index in [1.54, 1.807) is 0 Å². The van der Waals surface area contributed by atoms with Crippen molar-refractivity contribution < 1.29 is 14.3 Å². The van der Waals surface area contributed by atoms with Crippen LogP contribution in [0.3, 0.4) is 0 Å². The van der Waals surface area contributed by atoms with Gasteiger partial charge in [-0.1, -0.05) is 25.7 Å². The van der Waals surface area contributed by atoms with Crippen LogP contribution in [0.5, 0.6) is 0 Å². The van der Waals surface area contributed by atoms with Crippen LogP contribution in [0.4, 0.5) is 0 Å². The van der Waals surface area contributed by atoms with Crippen LogP contribution in [0.2, 0.25) is 0 Å². The fraction of sp³-hybridized carbons (Fsp3) is 0.929. The Morgan fingerprint density at radius 3 is 1.61 bits per heavy atom.